The first-order valence-electron chi connectivity index (χ1n) is 10.00. The summed E-state index contributed by atoms with van der Waals surface area (Å²) in [6, 6.07) is 4.90. The van der Waals surface area contributed by atoms with E-state index in [1.54, 1.807) is 22.5 Å². The second-order valence-electron chi connectivity index (χ2n) is 7.48. The van der Waals surface area contributed by atoms with Crippen molar-refractivity contribution in [3.63, 3.8) is 0 Å². The lowest BCUT2D eigenvalue weighted by molar-refractivity contribution is -0.133. The van der Waals surface area contributed by atoms with Crippen molar-refractivity contribution in [3.05, 3.63) is 23.8 Å². The number of aryl methyl sites for hydroxylation is 1. The van der Waals surface area contributed by atoms with Crippen molar-refractivity contribution in [2.75, 3.05) is 32.8 Å². The summed E-state index contributed by atoms with van der Waals surface area (Å²) in [7, 11) is -3.45. The maximum Gasteiger partial charge on any atom is 0.260 e. The Morgan fingerprint density at radius 1 is 0.963 bits per heavy atom. The first-order valence-corrected chi connectivity index (χ1v) is 11.4. The summed E-state index contributed by atoms with van der Waals surface area (Å²) in [5.74, 6) is 0.567. The number of carbonyl (C=O) groups excluding carboxylic acids is 1. The Labute approximate surface area is 162 Å². The smallest absolute Gasteiger partial charge is 0.260 e. The minimum Gasteiger partial charge on any atom is -0.483 e. The third-order valence-corrected chi connectivity index (χ3v) is 7.30. The van der Waals surface area contributed by atoms with E-state index in [-0.39, 0.29) is 12.5 Å². The molecule has 2 aliphatic heterocycles. The summed E-state index contributed by atoms with van der Waals surface area (Å²) in [4.78, 5) is 14.5. The number of hydrogen-bond donors (Lipinski definition) is 0. The Morgan fingerprint density at radius 3 is 2.19 bits per heavy atom. The SMILES string of the molecule is Cc1cc(S(=O)(=O)N2CCCCC2)ccc1OCC(=O)N1CCCCCC1. The maximum absolute atomic E-state index is 12.8. The van der Waals surface area contributed by atoms with Gasteiger partial charge >= 0.3 is 0 Å². The van der Waals surface area contributed by atoms with Gasteiger partial charge in [-0.2, -0.15) is 4.31 Å². The standard InChI is InChI=1S/C20H30N2O4S/c1-17-15-18(27(24,25)22-13-7-4-8-14-22)9-10-19(17)26-16-20(23)21-11-5-2-3-6-12-21/h9-10,15H,2-8,11-14,16H2,1H3. The van der Waals surface area contributed by atoms with E-state index >= 15 is 0 Å². The predicted octanol–water partition coefficient (Wildman–Crippen LogP) is 2.95. The van der Waals surface area contributed by atoms with Crippen LogP contribution in [0.5, 0.6) is 5.75 Å². The fraction of sp³-hybridized carbons (Fsp3) is 0.650. The molecule has 1 aromatic rings. The van der Waals surface area contributed by atoms with Crippen molar-refractivity contribution in [3.8, 4) is 5.75 Å². The second-order valence-corrected chi connectivity index (χ2v) is 9.41. The summed E-state index contributed by atoms with van der Waals surface area (Å²) < 4.78 is 32.8. The van der Waals surface area contributed by atoms with Crippen LogP contribution in [0.1, 0.15) is 50.5 Å². The predicted molar refractivity (Wildman–Crippen MR) is 104 cm³/mol. The van der Waals surface area contributed by atoms with Gasteiger partial charge < -0.3 is 9.64 Å². The van der Waals surface area contributed by atoms with E-state index < -0.39 is 10.0 Å². The number of piperidine rings is 1. The van der Waals surface area contributed by atoms with E-state index in [0.29, 0.717) is 23.7 Å². The molecule has 27 heavy (non-hydrogen) atoms. The summed E-state index contributed by atoms with van der Waals surface area (Å²) in [5, 5.41) is 0. The summed E-state index contributed by atoms with van der Waals surface area (Å²) in [5.41, 5.74) is 0.733. The van der Waals surface area contributed by atoms with Crippen LogP contribution in [0.15, 0.2) is 23.1 Å². The molecule has 150 valence electrons. The average molecular weight is 395 g/mol. The van der Waals surface area contributed by atoms with Gasteiger partial charge in [-0.15, -0.1) is 0 Å². The molecule has 0 atom stereocenters. The van der Waals surface area contributed by atoms with Crippen molar-refractivity contribution < 1.29 is 17.9 Å². The third kappa shape index (κ3) is 5.02. The van der Waals surface area contributed by atoms with E-state index in [0.717, 1.165) is 50.8 Å². The first-order chi connectivity index (χ1) is 13.0. The Hall–Kier alpha value is -1.60. The molecule has 2 aliphatic rings. The van der Waals surface area contributed by atoms with Gasteiger partial charge in [0.2, 0.25) is 10.0 Å². The molecule has 0 aliphatic carbocycles. The number of carbonyl (C=O) groups is 1. The molecular formula is C20H30N2O4S. The summed E-state index contributed by atoms with van der Waals surface area (Å²) >= 11 is 0. The Morgan fingerprint density at radius 2 is 1.56 bits per heavy atom. The lowest BCUT2D eigenvalue weighted by Gasteiger charge is -2.26. The number of hydrogen-bond acceptors (Lipinski definition) is 4. The Kier molecular flexibility index (Phi) is 6.76. The van der Waals surface area contributed by atoms with Crippen LogP contribution in [0.3, 0.4) is 0 Å². The van der Waals surface area contributed by atoms with Crippen LogP contribution in [0, 0.1) is 6.92 Å². The zero-order chi connectivity index (χ0) is 19.3. The minimum atomic E-state index is -3.45. The zero-order valence-electron chi connectivity index (χ0n) is 16.2. The van der Waals surface area contributed by atoms with Crippen LogP contribution >= 0.6 is 0 Å². The van der Waals surface area contributed by atoms with Gasteiger partial charge in [-0.3, -0.25) is 4.79 Å². The molecule has 0 saturated carbocycles. The molecule has 6 nitrogen and oxygen atoms in total. The lowest BCUT2D eigenvalue weighted by Crippen LogP contribution is -2.36. The molecule has 0 spiro atoms. The molecule has 0 N–H and O–H groups in total. The van der Waals surface area contributed by atoms with Gasteiger partial charge in [0.05, 0.1) is 4.90 Å². The Balaban J connectivity index is 1.63. The Bertz CT molecular complexity index is 749. The molecule has 0 unspecified atom stereocenters. The number of likely N-dealkylation sites (tertiary alicyclic amines) is 1. The molecule has 3 rings (SSSR count). The fourth-order valence-corrected chi connectivity index (χ4v) is 5.35. The van der Waals surface area contributed by atoms with E-state index in [9.17, 15) is 13.2 Å². The fourth-order valence-electron chi connectivity index (χ4n) is 3.75. The molecule has 2 fully saturated rings. The van der Waals surface area contributed by atoms with Gasteiger partial charge in [0, 0.05) is 26.2 Å². The quantitative estimate of drug-likeness (QED) is 0.770. The van der Waals surface area contributed by atoms with Crippen LogP contribution in [0.2, 0.25) is 0 Å². The highest BCUT2D eigenvalue weighted by atomic mass is 32.2. The minimum absolute atomic E-state index is 0.000931. The molecule has 0 bridgehead atoms. The molecule has 1 amide bonds. The number of amides is 1. The average Bonchev–Trinajstić information content (AvgIpc) is 2.97. The topological polar surface area (TPSA) is 66.9 Å². The van der Waals surface area contributed by atoms with Crippen molar-refractivity contribution in [1.82, 2.24) is 9.21 Å². The van der Waals surface area contributed by atoms with E-state index in [4.69, 9.17) is 4.74 Å². The third-order valence-electron chi connectivity index (χ3n) is 5.41. The lowest BCUT2D eigenvalue weighted by atomic mass is 10.2. The highest BCUT2D eigenvalue weighted by Gasteiger charge is 2.26. The molecule has 0 aromatic heterocycles. The number of nitrogens with zero attached hydrogens (tertiary/aromatic N) is 2. The molecule has 2 heterocycles. The molecule has 0 radical (unpaired) electrons. The van der Waals surface area contributed by atoms with Crippen LogP contribution in [0.4, 0.5) is 0 Å². The van der Waals surface area contributed by atoms with Gasteiger partial charge in [-0.05, 0) is 56.4 Å². The maximum atomic E-state index is 12.8. The van der Waals surface area contributed by atoms with Crippen LogP contribution in [-0.4, -0.2) is 56.3 Å². The molecule has 2 saturated heterocycles. The monoisotopic (exact) mass is 394 g/mol. The normalized spacial score (nSPS) is 19.5. The second kappa shape index (κ2) is 9.06. The number of sulfonamides is 1. The summed E-state index contributed by atoms with van der Waals surface area (Å²) in [6.45, 7) is 4.59. The van der Waals surface area contributed by atoms with Gasteiger partial charge in [0.25, 0.3) is 5.91 Å². The largest absolute Gasteiger partial charge is 0.483 e. The van der Waals surface area contributed by atoms with Gasteiger partial charge in [0.15, 0.2) is 6.61 Å². The number of rotatable bonds is 5. The molecule has 7 heteroatoms. The van der Waals surface area contributed by atoms with Crippen molar-refractivity contribution in [1.29, 1.82) is 0 Å². The van der Waals surface area contributed by atoms with E-state index in [1.165, 1.54) is 12.8 Å². The number of ether oxygens (including phenoxy) is 1. The van der Waals surface area contributed by atoms with E-state index in [1.807, 2.05) is 11.8 Å². The van der Waals surface area contributed by atoms with Gasteiger partial charge in [-0.1, -0.05) is 19.3 Å². The number of benzene rings is 1. The molecular weight excluding hydrogens is 364 g/mol. The summed E-state index contributed by atoms with van der Waals surface area (Å²) in [6.07, 6.45) is 7.37. The van der Waals surface area contributed by atoms with Crippen molar-refractivity contribution >= 4 is 15.9 Å². The van der Waals surface area contributed by atoms with Crippen LogP contribution in [0.25, 0.3) is 0 Å². The van der Waals surface area contributed by atoms with Gasteiger partial charge in [0.1, 0.15) is 5.75 Å². The first kappa shape index (κ1) is 20.1. The highest BCUT2D eigenvalue weighted by Crippen LogP contribution is 2.26. The van der Waals surface area contributed by atoms with Crippen LogP contribution < -0.4 is 4.74 Å². The molecule has 1 aromatic carbocycles. The van der Waals surface area contributed by atoms with Crippen molar-refractivity contribution in [2.45, 2.75) is 56.8 Å². The van der Waals surface area contributed by atoms with Crippen LogP contribution in [-0.2, 0) is 14.8 Å². The highest BCUT2D eigenvalue weighted by molar-refractivity contribution is 7.89. The van der Waals surface area contributed by atoms with Gasteiger partial charge in [-0.25, -0.2) is 8.42 Å². The van der Waals surface area contributed by atoms with E-state index in [2.05, 4.69) is 0 Å². The zero-order valence-corrected chi connectivity index (χ0v) is 17.0. The van der Waals surface area contributed by atoms with Crippen molar-refractivity contribution in [2.24, 2.45) is 0 Å².